The smallest absolute Gasteiger partial charge is 0.0824 e. The minimum absolute atomic E-state index is 0.0214. The Morgan fingerprint density at radius 3 is 2.41 bits per heavy atom. The predicted molar refractivity (Wildman–Crippen MR) is 83.0 cm³/mol. The van der Waals surface area contributed by atoms with Crippen LogP contribution in [-0.4, -0.2) is 0 Å². The molecule has 0 aliphatic heterocycles. The van der Waals surface area contributed by atoms with Crippen LogP contribution in [0.1, 0.15) is 16.5 Å². The number of halogens is 3. The highest BCUT2D eigenvalue weighted by atomic mass is 79.9. The van der Waals surface area contributed by atoms with Crippen LogP contribution in [0.2, 0.25) is 0 Å². The molecule has 1 aromatic heterocycles. The average Bonchev–Trinajstić information content (AvgIpc) is 2.69. The number of thiophene rings is 1. The number of rotatable bonds is 3. The molecule has 0 saturated heterocycles. The van der Waals surface area contributed by atoms with E-state index in [1.165, 1.54) is 0 Å². The summed E-state index contributed by atoms with van der Waals surface area (Å²) < 4.78 is 3.13. The maximum Gasteiger partial charge on any atom is 0.0824 e. The molecule has 2 nitrogen and oxygen atoms in total. The molecule has 1 heterocycles. The van der Waals surface area contributed by atoms with Gasteiger partial charge in [-0.2, -0.15) is 0 Å². The Morgan fingerprint density at radius 1 is 1.12 bits per heavy atom. The van der Waals surface area contributed by atoms with Crippen molar-refractivity contribution >= 4 is 59.1 Å². The van der Waals surface area contributed by atoms with Crippen LogP contribution in [0.3, 0.4) is 0 Å². The molecule has 0 spiro atoms. The Morgan fingerprint density at radius 2 is 1.88 bits per heavy atom. The van der Waals surface area contributed by atoms with E-state index >= 15 is 0 Å². The molecule has 0 fully saturated rings. The van der Waals surface area contributed by atoms with Crippen LogP contribution in [0.25, 0.3) is 0 Å². The molecule has 1 aromatic carbocycles. The van der Waals surface area contributed by atoms with Crippen molar-refractivity contribution in [3.8, 4) is 0 Å². The Balaban J connectivity index is 2.46. The number of benzene rings is 1. The Hall–Kier alpha value is 0.280. The third-order valence-corrected chi connectivity index (χ3v) is 5.46. The minimum atomic E-state index is -0.0214. The molecule has 1 unspecified atom stereocenters. The van der Waals surface area contributed by atoms with E-state index in [2.05, 4.69) is 53.2 Å². The predicted octanol–water partition coefficient (Wildman–Crippen LogP) is 4.59. The van der Waals surface area contributed by atoms with Gasteiger partial charge in [-0.3, -0.25) is 5.84 Å². The first-order chi connectivity index (χ1) is 8.13. The second kappa shape index (κ2) is 5.95. The first-order valence-corrected chi connectivity index (χ1v) is 8.03. The third-order valence-electron chi connectivity index (χ3n) is 2.35. The molecule has 0 aliphatic rings. The molecule has 1 atom stereocenters. The zero-order valence-electron chi connectivity index (χ0n) is 8.58. The molecule has 2 rings (SSSR count). The van der Waals surface area contributed by atoms with Gasteiger partial charge in [0.1, 0.15) is 0 Å². The van der Waals surface area contributed by atoms with Gasteiger partial charge in [-0.15, -0.1) is 11.3 Å². The molecule has 0 amide bonds. The molecule has 0 aliphatic carbocycles. The fraction of sp³-hybridized carbons (Fsp3) is 0.0909. The van der Waals surface area contributed by atoms with Crippen molar-refractivity contribution in [3.05, 3.63) is 53.5 Å². The van der Waals surface area contributed by atoms with Crippen LogP contribution in [0.5, 0.6) is 0 Å². The van der Waals surface area contributed by atoms with Crippen molar-refractivity contribution in [3.63, 3.8) is 0 Å². The van der Waals surface area contributed by atoms with Gasteiger partial charge in [0, 0.05) is 18.3 Å². The molecular formula is C11H9Br3N2S. The van der Waals surface area contributed by atoms with E-state index in [0.29, 0.717) is 0 Å². The Labute approximate surface area is 129 Å². The van der Waals surface area contributed by atoms with Gasteiger partial charge >= 0.3 is 0 Å². The van der Waals surface area contributed by atoms with Crippen molar-refractivity contribution in [2.75, 3.05) is 0 Å². The minimum Gasteiger partial charge on any atom is -0.271 e. The lowest BCUT2D eigenvalue weighted by Crippen LogP contribution is -2.28. The second-order valence-electron chi connectivity index (χ2n) is 3.40. The van der Waals surface area contributed by atoms with Crippen molar-refractivity contribution < 1.29 is 0 Å². The van der Waals surface area contributed by atoms with E-state index in [-0.39, 0.29) is 6.04 Å². The monoisotopic (exact) mass is 438 g/mol. The highest BCUT2D eigenvalue weighted by Gasteiger charge is 2.19. The van der Waals surface area contributed by atoms with Crippen LogP contribution < -0.4 is 11.3 Å². The number of hydrogen-bond acceptors (Lipinski definition) is 3. The summed E-state index contributed by atoms with van der Waals surface area (Å²) in [6, 6.07) is 8.07. The van der Waals surface area contributed by atoms with Gasteiger partial charge in [-0.1, -0.05) is 37.9 Å². The maximum atomic E-state index is 5.68. The Kier molecular flexibility index (Phi) is 4.80. The zero-order valence-corrected chi connectivity index (χ0v) is 14.2. The van der Waals surface area contributed by atoms with E-state index in [1.54, 1.807) is 11.3 Å². The van der Waals surface area contributed by atoms with Gasteiger partial charge < -0.3 is 0 Å². The van der Waals surface area contributed by atoms with E-state index in [4.69, 9.17) is 5.84 Å². The molecule has 0 saturated carbocycles. The SMILES string of the molecule is NNC(c1ccc(Br)cc1Br)c1sccc1Br. The summed E-state index contributed by atoms with van der Waals surface area (Å²) in [4.78, 5) is 1.16. The number of hydrazine groups is 1. The van der Waals surface area contributed by atoms with Gasteiger partial charge in [0.2, 0.25) is 0 Å². The summed E-state index contributed by atoms with van der Waals surface area (Å²) in [5, 5.41) is 2.04. The standard InChI is InChI=1S/C11H9Br3N2S/c12-6-1-2-7(9(14)5-6)10(16-15)11-8(13)3-4-17-11/h1-5,10,16H,15H2. The van der Waals surface area contributed by atoms with Gasteiger partial charge in [-0.05, 0) is 45.1 Å². The number of hydrogen-bond donors (Lipinski definition) is 2. The van der Waals surface area contributed by atoms with Crippen molar-refractivity contribution in [1.82, 2.24) is 5.43 Å². The maximum absolute atomic E-state index is 5.68. The van der Waals surface area contributed by atoms with Crippen molar-refractivity contribution in [1.29, 1.82) is 0 Å². The second-order valence-corrected chi connectivity index (χ2v) is 6.97. The highest BCUT2D eigenvalue weighted by Crippen LogP contribution is 2.36. The molecular weight excluding hydrogens is 432 g/mol. The molecule has 17 heavy (non-hydrogen) atoms. The highest BCUT2D eigenvalue weighted by molar-refractivity contribution is 9.11. The van der Waals surface area contributed by atoms with E-state index < -0.39 is 0 Å². The van der Waals surface area contributed by atoms with Gasteiger partial charge in [0.25, 0.3) is 0 Å². The van der Waals surface area contributed by atoms with Crippen molar-refractivity contribution in [2.45, 2.75) is 6.04 Å². The van der Waals surface area contributed by atoms with Crippen molar-refractivity contribution in [2.24, 2.45) is 5.84 Å². The first-order valence-electron chi connectivity index (χ1n) is 4.77. The summed E-state index contributed by atoms with van der Waals surface area (Å²) in [6.45, 7) is 0. The lowest BCUT2D eigenvalue weighted by molar-refractivity contribution is 0.642. The Bertz CT molecular complexity index is 527. The largest absolute Gasteiger partial charge is 0.271 e. The van der Waals surface area contributed by atoms with Crippen LogP contribution >= 0.6 is 59.1 Å². The van der Waals surface area contributed by atoms with Crippen LogP contribution in [0, 0.1) is 0 Å². The summed E-state index contributed by atoms with van der Waals surface area (Å²) in [7, 11) is 0. The average molecular weight is 441 g/mol. The first kappa shape index (κ1) is 13.7. The molecule has 0 bridgehead atoms. The van der Waals surface area contributed by atoms with Crippen LogP contribution in [-0.2, 0) is 0 Å². The zero-order chi connectivity index (χ0) is 12.4. The fourth-order valence-corrected chi connectivity index (χ4v) is 4.51. The summed E-state index contributed by atoms with van der Waals surface area (Å²) in [5.74, 6) is 5.68. The molecule has 3 N–H and O–H groups in total. The summed E-state index contributed by atoms with van der Waals surface area (Å²) in [5.41, 5.74) is 3.97. The molecule has 90 valence electrons. The topological polar surface area (TPSA) is 38.0 Å². The van der Waals surface area contributed by atoms with Gasteiger partial charge in [0.15, 0.2) is 0 Å². The normalized spacial score (nSPS) is 12.7. The van der Waals surface area contributed by atoms with Crippen LogP contribution in [0.4, 0.5) is 0 Å². The summed E-state index contributed by atoms with van der Waals surface area (Å²) >= 11 is 12.2. The lowest BCUT2D eigenvalue weighted by atomic mass is 10.1. The van der Waals surface area contributed by atoms with Gasteiger partial charge in [0.05, 0.1) is 6.04 Å². The number of nitrogens with two attached hydrogens (primary N) is 1. The van der Waals surface area contributed by atoms with Gasteiger partial charge in [-0.25, -0.2) is 5.43 Å². The van der Waals surface area contributed by atoms with Crippen LogP contribution in [0.15, 0.2) is 43.1 Å². The number of nitrogens with one attached hydrogen (secondary N) is 1. The van der Waals surface area contributed by atoms with E-state index in [1.807, 2.05) is 29.6 Å². The third kappa shape index (κ3) is 3.00. The van der Waals surface area contributed by atoms with E-state index in [9.17, 15) is 0 Å². The van der Waals surface area contributed by atoms with E-state index in [0.717, 1.165) is 23.9 Å². The molecule has 6 heteroatoms. The molecule has 2 aromatic rings. The quantitative estimate of drug-likeness (QED) is 0.541. The summed E-state index contributed by atoms with van der Waals surface area (Å²) in [6.07, 6.45) is 0. The lowest BCUT2D eigenvalue weighted by Gasteiger charge is -2.17. The fourth-order valence-electron chi connectivity index (χ4n) is 1.55. The molecule has 0 radical (unpaired) electrons.